The number of hydrogen-bond donors (Lipinski definition) is 1. The van der Waals surface area contributed by atoms with E-state index in [-0.39, 0.29) is 19.0 Å². The largest absolute Gasteiger partial charge is 0.494 e. The minimum atomic E-state index is -4.60. The molecule has 0 aromatic heterocycles. The molecule has 1 aromatic rings. The maximum atomic E-state index is 13.0. The summed E-state index contributed by atoms with van der Waals surface area (Å²) in [5.74, 6) is -4.60. The van der Waals surface area contributed by atoms with Gasteiger partial charge in [0.25, 0.3) is 0 Å². The fraction of sp³-hybridized carbons (Fsp3) is 0.556. The molecule has 0 aliphatic carbocycles. The zero-order chi connectivity index (χ0) is 20.0. The first kappa shape index (κ1) is 21.0. The zero-order valence-electron chi connectivity index (χ0n) is 15.0. The van der Waals surface area contributed by atoms with Gasteiger partial charge < -0.3 is 14.7 Å². The van der Waals surface area contributed by atoms with Gasteiger partial charge in [0.1, 0.15) is 5.75 Å². The number of benzene rings is 1. The van der Waals surface area contributed by atoms with Crippen LogP contribution < -0.4 is 4.74 Å². The number of hydrogen-bond acceptors (Lipinski definition) is 4. The number of rotatable bonds is 8. The summed E-state index contributed by atoms with van der Waals surface area (Å²) in [6, 6.07) is 9.20. The zero-order valence-corrected chi connectivity index (χ0v) is 15.0. The van der Waals surface area contributed by atoms with Crippen molar-refractivity contribution in [2.45, 2.75) is 12.6 Å². The molecule has 1 heterocycles. The van der Waals surface area contributed by atoms with Gasteiger partial charge >= 0.3 is 12.1 Å². The van der Waals surface area contributed by atoms with Gasteiger partial charge in [-0.1, -0.05) is 18.2 Å². The SMILES string of the molecule is CN(CCCOc1ccccc1)C(=O)CN1C[C@@H](C(F)(F)F)[C@H](C(=O)O)C1. The van der Waals surface area contributed by atoms with E-state index < -0.39 is 30.5 Å². The molecule has 27 heavy (non-hydrogen) atoms. The number of alkyl halides is 3. The van der Waals surface area contributed by atoms with Gasteiger partial charge in [0, 0.05) is 26.7 Å². The number of para-hydroxylation sites is 1. The standard InChI is InChI=1S/C18H23F3N2O4/c1-22(8-5-9-27-13-6-3-2-4-7-13)16(24)12-23-10-14(17(25)26)15(11-23)18(19,20)21/h2-4,6-7,14-15H,5,8-12H2,1H3,(H,25,26)/t14-,15-/m1/s1. The molecule has 0 bridgehead atoms. The number of likely N-dealkylation sites (tertiary alicyclic amines) is 1. The van der Waals surface area contributed by atoms with Crippen LogP contribution in [0.5, 0.6) is 5.75 Å². The molecule has 0 saturated carbocycles. The molecule has 1 aromatic carbocycles. The number of aliphatic carboxylic acids is 1. The summed E-state index contributed by atoms with van der Waals surface area (Å²) < 4.78 is 44.5. The van der Waals surface area contributed by atoms with E-state index in [1.807, 2.05) is 30.3 Å². The van der Waals surface area contributed by atoms with Crippen LogP contribution in [0.15, 0.2) is 30.3 Å². The quantitative estimate of drug-likeness (QED) is 0.691. The molecule has 2 atom stereocenters. The first-order valence-corrected chi connectivity index (χ1v) is 8.62. The van der Waals surface area contributed by atoms with Gasteiger partial charge in [-0.2, -0.15) is 13.2 Å². The van der Waals surface area contributed by atoms with Gasteiger partial charge in [-0.3, -0.25) is 14.5 Å². The first-order chi connectivity index (χ1) is 12.7. The van der Waals surface area contributed by atoms with Gasteiger partial charge in [0.2, 0.25) is 5.91 Å². The Bertz CT molecular complexity index is 639. The number of halogens is 3. The number of nitrogens with zero attached hydrogens (tertiary/aromatic N) is 2. The molecule has 1 fully saturated rings. The third kappa shape index (κ3) is 6.13. The van der Waals surface area contributed by atoms with Crippen LogP contribution in [-0.4, -0.2) is 72.8 Å². The Morgan fingerprint density at radius 1 is 1.26 bits per heavy atom. The Kier molecular flexibility index (Phi) is 7.06. The molecule has 1 N–H and O–H groups in total. The van der Waals surface area contributed by atoms with Crippen molar-refractivity contribution in [3.63, 3.8) is 0 Å². The van der Waals surface area contributed by atoms with E-state index in [0.29, 0.717) is 19.6 Å². The summed E-state index contributed by atoms with van der Waals surface area (Å²) >= 11 is 0. The number of likely N-dealkylation sites (N-methyl/N-ethyl adjacent to an activating group) is 1. The highest BCUT2D eigenvalue weighted by atomic mass is 19.4. The smallest absolute Gasteiger partial charge is 0.393 e. The average Bonchev–Trinajstić information content (AvgIpc) is 3.04. The molecule has 0 unspecified atom stereocenters. The predicted molar refractivity (Wildman–Crippen MR) is 91.3 cm³/mol. The highest BCUT2D eigenvalue weighted by Gasteiger charge is 2.52. The van der Waals surface area contributed by atoms with Crippen LogP contribution in [0.25, 0.3) is 0 Å². The maximum Gasteiger partial charge on any atom is 0.393 e. The molecule has 2 rings (SSSR count). The van der Waals surface area contributed by atoms with Crippen molar-refractivity contribution < 1.29 is 32.6 Å². The second kappa shape index (κ2) is 9.07. The number of carboxylic acids is 1. The molecule has 150 valence electrons. The summed E-state index contributed by atoms with van der Waals surface area (Å²) in [6.45, 7) is -0.188. The second-order valence-electron chi connectivity index (χ2n) is 6.62. The Labute approximate surface area is 155 Å². The number of carboxylic acid groups (broad SMARTS) is 1. The molecule has 1 aliphatic heterocycles. The Hall–Kier alpha value is -2.29. The predicted octanol–water partition coefficient (Wildman–Crippen LogP) is 2.11. The third-order valence-corrected chi connectivity index (χ3v) is 4.57. The van der Waals surface area contributed by atoms with E-state index in [1.165, 1.54) is 9.80 Å². The summed E-state index contributed by atoms with van der Waals surface area (Å²) in [7, 11) is 1.57. The van der Waals surface area contributed by atoms with Crippen LogP contribution in [0, 0.1) is 11.8 Å². The van der Waals surface area contributed by atoms with Crippen LogP contribution in [0.1, 0.15) is 6.42 Å². The van der Waals surface area contributed by atoms with Gasteiger partial charge in [-0.25, -0.2) is 0 Å². The minimum absolute atomic E-state index is 0.230. The Balaban J connectivity index is 1.76. The summed E-state index contributed by atoms with van der Waals surface area (Å²) in [6.07, 6.45) is -4.03. The highest BCUT2D eigenvalue weighted by Crippen LogP contribution is 2.37. The van der Waals surface area contributed by atoms with E-state index in [1.54, 1.807) is 7.05 Å². The van der Waals surface area contributed by atoms with Crippen LogP contribution in [0.3, 0.4) is 0 Å². The lowest BCUT2D eigenvalue weighted by atomic mass is 9.96. The molecule has 1 aliphatic rings. The van der Waals surface area contributed by atoms with Crippen molar-refractivity contribution in [3.05, 3.63) is 30.3 Å². The highest BCUT2D eigenvalue weighted by molar-refractivity contribution is 5.78. The van der Waals surface area contributed by atoms with Gasteiger partial charge in [0.05, 0.1) is 25.0 Å². The third-order valence-electron chi connectivity index (χ3n) is 4.57. The Morgan fingerprint density at radius 3 is 2.48 bits per heavy atom. The van der Waals surface area contributed by atoms with Crippen LogP contribution in [0.4, 0.5) is 13.2 Å². The normalized spacial score (nSPS) is 20.4. The van der Waals surface area contributed by atoms with Crippen molar-refractivity contribution in [2.24, 2.45) is 11.8 Å². The monoisotopic (exact) mass is 388 g/mol. The average molecular weight is 388 g/mol. The van der Waals surface area contributed by atoms with Crippen LogP contribution >= 0.6 is 0 Å². The summed E-state index contributed by atoms with van der Waals surface area (Å²) in [4.78, 5) is 26.0. The minimum Gasteiger partial charge on any atom is -0.494 e. The second-order valence-corrected chi connectivity index (χ2v) is 6.62. The molecule has 9 heteroatoms. The number of carbonyl (C=O) groups excluding carboxylic acids is 1. The van der Waals surface area contributed by atoms with E-state index in [9.17, 15) is 22.8 Å². The van der Waals surface area contributed by atoms with Gasteiger partial charge in [-0.15, -0.1) is 0 Å². The number of amides is 1. The van der Waals surface area contributed by atoms with E-state index in [4.69, 9.17) is 9.84 Å². The lowest BCUT2D eigenvalue weighted by Crippen LogP contribution is -2.39. The molecule has 0 radical (unpaired) electrons. The van der Waals surface area contributed by atoms with Crippen molar-refractivity contribution in [1.82, 2.24) is 9.80 Å². The van der Waals surface area contributed by atoms with E-state index >= 15 is 0 Å². The lowest BCUT2D eigenvalue weighted by molar-refractivity contribution is -0.188. The molecule has 1 saturated heterocycles. The molecule has 6 nitrogen and oxygen atoms in total. The number of ether oxygens (including phenoxy) is 1. The summed E-state index contributed by atoms with van der Waals surface area (Å²) in [5, 5.41) is 9.01. The van der Waals surface area contributed by atoms with E-state index in [0.717, 1.165) is 5.75 Å². The fourth-order valence-electron chi connectivity index (χ4n) is 3.04. The van der Waals surface area contributed by atoms with Crippen molar-refractivity contribution in [2.75, 3.05) is 39.8 Å². The maximum absolute atomic E-state index is 13.0. The first-order valence-electron chi connectivity index (χ1n) is 8.62. The van der Waals surface area contributed by atoms with Crippen molar-refractivity contribution in [3.8, 4) is 5.75 Å². The van der Waals surface area contributed by atoms with Crippen molar-refractivity contribution >= 4 is 11.9 Å². The van der Waals surface area contributed by atoms with E-state index in [2.05, 4.69) is 0 Å². The van der Waals surface area contributed by atoms with Gasteiger partial charge in [0.15, 0.2) is 0 Å². The van der Waals surface area contributed by atoms with Crippen LogP contribution in [-0.2, 0) is 9.59 Å². The molecular formula is C18H23F3N2O4. The van der Waals surface area contributed by atoms with Crippen molar-refractivity contribution in [1.29, 1.82) is 0 Å². The molecule has 1 amide bonds. The summed E-state index contributed by atoms with van der Waals surface area (Å²) in [5.41, 5.74) is 0. The molecular weight excluding hydrogens is 365 g/mol. The lowest BCUT2D eigenvalue weighted by Gasteiger charge is -2.22. The fourth-order valence-corrected chi connectivity index (χ4v) is 3.04. The van der Waals surface area contributed by atoms with Gasteiger partial charge in [-0.05, 0) is 18.6 Å². The Morgan fingerprint density at radius 2 is 1.93 bits per heavy atom. The topological polar surface area (TPSA) is 70.1 Å². The number of carbonyl (C=O) groups is 2. The van der Waals surface area contributed by atoms with Crippen LogP contribution in [0.2, 0.25) is 0 Å². The molecule has 0 spiro atoms.